The van der Waals surface area contributed by atoms with E-state index in [0.717, 1.165) is 23.9 Å². The molecule has 3 heteroatoms. The molecular weight excluding hydrogens is 192 g/mol. The lowest BCUT2D eigenvalue weighted by Gasteiger charge is -2.33. The second-order valence-electron chi connectivity index (χ2n) is 2.83. The second-order valence-corrected chi connectivity index (χ2v) is 3.95. The highest BCUT2D eigenvalue weighted by Crippen LogP contribution is 2.17. The minimum absolute atomic E-state index is 0.432. The number of hydrogen-bond acceptors (Lipinski definition) is 2. The van der Waals surface area contributed by atoms with Crippen molar-refractivity contribution in [1.29, 1.82) is 0 Å². The van der Waals surface area contributed by atoms with Gasteiger partial charge in [0.2, 0.25) is 0 Å². The molecule has 0 bridgehead atoms. The molecule has 0 unspecified atom stereocenters. The highest BCUT2D eigenvalue weighted by molar-refractivity contribution is 9.11. The van der Waals surface area contributed by atoms with Crippen molar-refractivity contribution in [3.8, 4) is 0 Å². The van der Waals surface area contributed by atoms with Crippen LogP contribution in [0.25, 0.3) is 0 Å². The van der Waals surface area contributed by atoms with Gasteiger partial charge in [0.15, 0.2) is 0 Å². The number of nitrogens with two attached hydrogens (primary N) is 1. The topological polar surface area (TPSA) is 38.0 Å². The van der Waals surface area contributed by atoms with Crippen molar-refractivity contribution >= 4 is 15.9 Å². The van der Waals surface area contributed by atoms with E-state index >= 15 is 0 Å². The van der Waals surface area contributed by atoms with E-state index in [2.05, 4.69) is 27.8 Å². The maximum atomic E-state index is 5.60. The number of nitrogens with one attached hydrogen (secondary N) is 1. The molecule has 2 nitrogen and oxygen atoms in total. The summed E-state index contributed by atoms with van der Waals surface area (Å²) < 4.78 is 1.01. The van der Waals surface area contributed by atoms with Crippen molar-refractivity contribution in [2.75, 3.05) is 6.54 Å². The third-order valence-corrected chi connectivity index (χ3v) is 2.04. The first-order valence-electron chi connectivity index (χ1n) is 3.50. The van der Waals surface area contributed by atoms with Crippen LogP contribution >= 0.6 is 15.9 Å². The summed E-state index contributed by atoms with van der Waals surface area (Å²) in [4.78, 5) is 0. The van der Waals surface area contributed by atoms with Crippen LogP contribution in [0.15, 0.2) is 11.1 Å². The molecular formula is C7H13BrN2. The molecule has 0 heterocycles. The van der Waals surface area contributed by atoms with Crippen molar-refractivity contribution in [3.63, 3.8) is 0 Å². The van der Waals surface area contributed by atoms with Gasteiger partial charge >= 0.3 is 0 Å². The summed E-state index contributed by atoms with van der Waals surface area (Å²) >= 11 is 3.28. The summed E-state index contributed by atoms with van der Waals surface area (Å²) in [6, 6.07) is 1.06. The Balaban J connectivity index is 2.00. The Hall–Kier alpha value is 0.140. The lowest BCUT2D eigenvalue weighted by Crippen LogP contribution is -2.48. The fourth-order valence-corrected chi connectivity index (χ4v) is 1.25. The molecule has 1 aliphatic carbocycles. The molecule has 10 heavy (non-hydrogen) atoms. The Labute approximate surface area is 70.0 Å². The Morgan fingerprint density at radius 3 is 2.70 bits per heavy atom. The monoisotopic (exact) mass is 204 g/mol. The molecule has 58 valence electrons. The molecule has 3 N–H and O–H groups in total. The Morgan fingerprint density at radius 1 is 1.70 bits per heavy atom. The van der Waals surface area contributed by atoms with E-state index < -0.39 is 0 Å². The van der Waals surface area contributed by atoms with Gasteiger partial charge < -0.3 is 11.1 Å². The molecule has 0 aliphatic heterocycles. The lowest BCUT2D eigenvalue weighted by molar-refractivity contribution is 0.300. The van der Waals surface area contributed by atoms with E-state index in [1.807, 2.05) is 0 Å². The molecule has 0 atom stereocenters. The van der Waals surface area contributed by atoms with E-state index in [9.17, 15) is 0 Å². The number of hydrogen-bond donors (Lipinski definition) is 2. The first-order chi connectivity index (χ1) is 4.68. The third-order valence-electron chi connectivity index (χ3n) is 1.76. The average molecular weight is 205 g/mol. The lowest BCUT2D eigenvalue weighted by atomic mass is 9.88. The van der Waals surface area contributed by atoms with E-state index in [-0.39, 0.29) is 0 Å². The van der Waals surface area contributed by atoms with E-state index in [4.69, 9.17) is 5.73 Å². The molecule has 0 radical (unpaired) electrons. The van der Waals surface area contributed by atoms with Crippen LogP contribution < -0.4 is 11.1 Å². The van der Waals surface area contributed by atoms with Gasteiger partial charge in [0, 0.05) is 23.1 Å². The number of rotatable bonds is 3. The third kappa shape index (κ3) is 2.40. The zero-order chi connectivity index (χ0) is 7.56. The van der Waals surface area contributed by atoms with Crippen LogP contribution in [0.2, 0.25) is 0 Å². The fourth-order valence-electron chi connectivity index (χ4n) is 1.08. The molecule has 0 saturated heterocycles. The first kappa shape index (κ1) is 8.24. The van der Waals surface area contributed by atoms with E-state index in [0.29, 0.717) is 12.1 Å². The van der Waals surface area contributed by atoms with Gasteiger partial charge in [-0.05, 0) is 12.8 Å². The molecule has 1 rings (SSSR count). The highest BCUT2D eigenvalue weighted by Gasteiger charge is 2.24. The van der Waals surface area contributed by atoms with Crippen molar-refractivity contribution < 1.29 is 0 Å². The second kappa shape index (κ2) is 3.51. The molecule has 1 aliphatic rings. The predicted molar refractivity (Wildman–Crippen MR) is 47.1 cm³/mol. The average Bonchev–Trinajstić information content (AvgIpc) is 1.77. The highest BCUT2D eigenvalue weighted by atomic mass is 79.9. The number of halogens is 1. The molecule has 0 amide bonds. The summed E-state index contributed by atoms with van der Waals surface area (Å²) in [6.45, 7) is 4.59. The van der Waals surface area contributed by atoms with E-state index in [1.165, 1.54) is 0 Å². The molecule has 0 aromatic carbocycles. The molecule has 1 saturated carbocycles. The zero-order valence-corrected chi connectivity index (χ0v) is 7.52. The molecule has 1 fully saturated rings. The SMILES string of the molecule is C=C(Br)CNC1CC(N)C1. The van der Waals surface area contributed by atoms with Gasteiger partial charge in [-0.25, -0.2) is 0 Å². The van der Waals surface area contributed by atoms with E-state index in [1.54, 1.807) is 0 Å². The summed E-state index contributed by atoms with van der Waals surface area (Å²) in [6.07, 6.45) is 2.22. The Kier molecular flexibility index (Phi) is 2.89. The molecule has 0 spiro atoms. The molecule has 0 aromatic heterocycles. The summed E-state index contributed by atoms with van der Waals surface area (Å²) in [5.41, 5.74) is 5.60. The van der Waals surface area contributed by atoms with Crippen molar-refractivity contribution in [2.45, 2.75) is 24.9 Å². The van der Waals surface area contributed by atoms with Crippen LogP contribution in [0.1, 0.15) is 12.8 Å². The van der Waals surface area contributed by atoms with Gasteiger partial charge in [0.1, 0.15) is 0 Å². The Morgan fingerprint density at radius 2 is 2.30 bits per heavy atom. The van der Waals surface area contributed by atoms with Crippen LogP contribution in [0.3, 0.4) is 0 Å². The maximum Gasteiger partial charge on any atom is 0.0268 e. The van der Waals surface area contributed by atoms with Gasteiger partial charge in [-0.2, -0.15) is 0 Å². The summed E-state index contributed by atoms with van der Waals surface area (Å²) in [5, 5.41) is 3.32. The largest absolute Gasteiger partial charge is 0.328 e. The standard InChI is InChI=1S/C7H13BrN2/c1-5(8)4-10-7-2-6(9)3-7/h6-7,10H,1-4,9H2. The van der Waals surface area contributed by atoms with Gasteiger partial charge in [-0.1, -0.05) is 22.5 Å². The smallest absolute Gasteiger partial charge is 0.0268 e. The zero-order valence-electron chi connectivity index (χ0n) is 5.94. The van der Waals surface area contributed by atoms with Crippen LogP contribution in [0.4, 0.5) is 0 Å². The normalized spacial score (nSPS) is 31.4. The van der Waals surface area contributed by atoms with Crippen LogP contribution in [0, 0.1) is 0 Å². The van der Waals surface area contributed by atoms with Crippen molar-refractivity contribution in [2.24, 2.45) is 5.73 Å². The summed E-state index contributed by atoms with van der Waals surface area (Å²) in [7, 11) is 0. The van der Waals surface area contributed by atoms with Crippen molar-refractivity contribution in [3.05, 3.63) is 11.1 Å². The van der Waals surface area contributed by atoms with Gasteiger partial charge in [0.25, 0.3) is 0 Å². The summed E-state index contributed by atoms with van der Waals surface area (Å²) in [5.74, 6) is 0. The maximum absolute atomic E-state index is 5.60. The quantitative estimate of drug-likeness (QED) is 0.720. The van der Waals surface area contributed by atoms with Gasteiger partial charge in [-0.15, -0.1) is 0 Å². The van der Waals surface area contributed by atoms with Gasteiger partial charge in [-0.3, -0.25) is 0 Å². The minimum atomic E-state index is 0.432. The van der Waals surface area contributed by atoms with Crippen molar-refractivity contribution in [1.82, 2.24) is 5.32 Å². The molecule has 0 aromatic rings. The van der Waals surface area contributed by atoms with Gasteiger partial charge in [0.05, 0.1) is 0 Å². The van der Waals surface area contributed by atoms with Crippen LogP contribution in [-0.2, 0) is 0 Å². The minimum Gasteiger partial charge on any atom is -0.328 e. The Bertz CT molecular complexity index is 130. The first-order valence-corrected chi connectivity index (χ1v) is 4.30. The predicted octanol–water partition coefficient (Wildman–Crippen LogP) is 0.974. The van der Waals surface area contributed by atoms with Crippen LogP contribution in [-0.4, -0.2) is 18.6 Å². The van der Waals surface area contributed by atoms with Crippen LogP contribution in [0.5, 0.6) is 0 Å². The fraction of sp³-hybridized carbons (Fsp3) is 0.714.